The van der Waals surface area contributed by atoms with E-state index in [-0.39, 0.29) is 47.8 Å². The molecule has 30 heavy (non-hydrogen) atoms. The molecule has 2 N–H and O–H groups in total. The molecule has 1 aromatic rings. The molecule has 0 amide bonds. The number of ether oxygens (including phenoxy) is 1. The van der Waals surface area contributed by atoms with Crippen LogP contribution in [0.15, 0.2) is 27.8 Å². The molecule has 0 radical (unpaired) electrons. The van der Waals surface area contributed by atoms with Gasteiger partial charge in [0.05, 0.1) is 24.5 Å². The average Bonchev–Trinajstić information content (AvgIpc) is 3.38. The van der Waals surface area contributed by atoms with Gasteiger partial charge < -0.3 is 19.8 Å². The van der Waals surface area contributed by atoms with Gasteiger partial charge in [-0.1, -0.05) is 0 Å². The summed E-state index contributed by atoms with van der Waals surface area (Å²) in [4.78, 5) is 9.46. The first-order valence-corrected chi connectivity index (χ1v) is 11.0. The maximum atomic E-state index is 5.90. The molecule has 8 heteroatoms. The Morgan fingerprint density at radius 2 is 1.87 bits per heavy atom. The van der Waals surface area contributed by atoms with E-state index in [0.717, 1.165) is 51.0 Å². The maximum absolute atomic E-state index is 5.90. The molecule has 0 aliphatic carbocycles. The first kappa shape index (κ1) is 25.4. The molecule has 7 nitrogen and oxygen atoms in total. The topological polar surface area (TPSA) is 65.3 Å². The van der Waals surface area contributed by atoms with Crippen LogP contribution in [0, 0.1) is 0 Å². The van der Waals surface area contributed by atoms with Crippen LogP contribution >= 0.6 is 24.0 Å². The number of furan rings is 1. The van der Waals surface area contributed by atoms with Crippen LogP contribution in [0.3, 0.4) is 0 Å². The van der Waals surface area contributed by atoms with Crippen molar-refractivity contribution in [2.24, 2.45) is 4.99 Å². The molecule has 0 spiro atoms. The van der Waals surface area contributed by atoms with E-state index in [2.05, 4.69) is 59.2 Å². The van der Waals surface area contributed by atoms with Crippen molar-refractivity contribution in [2.45, 2.75) is 64.3 Å². The molecule has 0 aromatic carbocycles. The van der Waals surface area contributed by atoms with Crippen LogP contribution in [0.1, 0.15) is 52.3 Å². The molecule has 2 aliphatic heterocycles. The van der Waals surface area contributed by atoms with Gasteiger partial charge in [0.25, 0.3) is 0 Å². The fourth-order valence-corrected chi connectivity index (χ4v) is 4.44. The highest BCUT2D eigenvalue weighted by atomic mass is 127. The van der Waals surface area contributed by atoms with Crippen molar-refractivity contribution in [3.05, 3.63) is 24.2 Å². The van der Waals surface area contributed by atoms with E-state index in [1.54, 1.807) is 6.26 Å². The highest BCUT2D eigenvalue weighted by Gasteiger charge is 2.33. The first-order valence-electron chi connectivity index (χ1n) is 11.0. The van der Waals surface area contributed by atoms with Gasteiger partial charge in [-0.25, -0.2) is 0 Å². The number of hydrogen-bond acceptors (Lipinski definition) is 5. The maximum Gasteiger partial charge on any atom is 0.191 e. The largest absolute Gasteiger partial charge is 0.468 e. The zero-order valence-corrected chi connectivity index (χ0v) is 21.5. The van der Waals surface area contributed by atoms with E-state index >= 15 is 0 Å². The number of aliphatic imine (C=N–C) groups is 1. The molecule has 0 saturated carbocycles. The van der Waals surface area contributed by atoms with Gasteiger partial charge in [-0.15, -0.1) is 24.0 Å². The second-order valence-corrected chi connectivity index (χ2v) is 9.06. The summed E-state index contributed by atoms with van der Waals surface area (Å²) < 4.78 is 11.6. The standard InChI is InChI=1S/C22H39N5O2.HI/c1-17-14-27(15-18(2)29-17)22(3,4)16-25-21(23-5)24-13-19(20-9-8-12-28-20)26-10-6-7-11-26;/h8-9,12,17-19H,6-7,10-11,13-16H2,1-5H3,(H2,23,24,25);1H. The van der Waals surface area contributed by atoms with E-state index < -0.39 is 0 Å². The van der Waals surface area contributed by atoms with Gasteiger partial charge in [-0.2, -0.15) is 0 Å². The quantitative estimate of drug-likeness (QED) is 0.319. The zero-order valence-electron chi connectivity index (χ0n) is 19.2. The lowest BCUT2D eigenvalue weighted by atomic mass is 10.00. The lowest BCUT2D eigenvalue weighted by Gasteiger charge is -2.45. The Morgan fingerprint density at radius 1 is 1.20 bits per heavy atom. The average molecular weight is 533 g/mol. The van der Waals surface area contributed by atoms with Gasteiger partial charge in [0.1, 0.15) is 5.76 Å². The summed E-state index contributed by atoms with van der Waals surface area (Å²) in [6.45, 7) is 14.6. The number of likely N-dealkylation sites (tertiary alicyclic amines) is 1. The summed E-state index contributed by atoms with van der Waals surface area (Å²) in [7, 11) is 1.83. The summed E-state index contributed by atoms with van der Waals surface area (Å²) in [5.41, 5.74) is 0.0132. The molecule has 0 bridgehead atoms. The van der Waals surface area contributed by atoms with E-state index in [9.17, 15) is 0 Å². The van der Waals surface area contributed by atoms with Crippen LogP contribution in [0.2, 0.25) is 0 Å². The molecule has 2 aliphatic rings. The molecule has 2 saturated heterocycles. The van der Waals surface area contributed by atoms with Gasteiger partial charge >= 0.3 is 0 Å². The van der Waals surface area contributed by atoms with Gasteiger partial charge in [-0.3, -0.25) is 14.8 Å². The van der Waals surface area contributed by atoms with Gasteiger partial charge in [0, 0.05) is 38.8 Å². The summed E-state index contributed by atoms with van der Waals surface area (Å²) in [5.74, 6) is 1.86. The fourth-order valence-electron chi connectivity index (χ4n) is 4.44. The predicted octanol–water partition coefficient (Wildman–Crippen LogP) is 3.09. The number of rotatable bonds is 7. The smallest absolute Gasteiger partial charge is 0.191 e. The Bertz CT molecular complexity index is 636. The SMILES string of the molecule is CN=C(NCC(c1ccco1)N1CCCC1)NCC(C)(C)N1CC(C)OC(C)C1.I. The minimum absolute atomic E-state index is 0. The Morgan fingerprint density at radius 3 is 2.43 bits per heavy atom. The lowest BCUT2D eigenvalue weighted by Crippen LogP contribution is -2.59. The summed E-state index contributed by atoms with van der Waals surface area (Å²) in [6, 6.07) is 4.28. The van der Waals surface area contributed by atoms with Gasteiger partial charge in [0.2, 0.25) is 0 Å². The van der Waals surface area contributed by atoms with E-state index in [1.807, 2.05) is 13.1 Å². The van der Waals surface area contributed by atoms with Crippen LogP contribution in [0.5, 0.6) is 0 Å². The molecule has 1 aromatic heterocycles. The summed E-state index contributed by atoms with van der Waals surface area (Å²) in [6.07, 6.45) is 4.82. The molecule has 2 fully saturated rings. The van der Waals surface area contributed by atoms with E-state index in [4.69, 9.17) is 9.15 Å². The molecule has 3 unspecified atom stereocenters. The second kappa shape index (κ2) is 11.7. The highest BCUT2D eigenvalue weighted by Crippen LogP contribution is 2.25. The van der Waals surface area contributed by atoms with Crippen molar-refractivity contribution < 1.29 is 9.15 Å². The molecule has 3 rings (SSSR count). The number of nitrogens with zero attached hydrogens (tertiary/aromatic N) is 3. The molecule has 172 valence electrons. The van der Waals surface area contributed by atoms with Crippen molar-refractivity contribution in [3.8, 4) is 0 Å². The number of guanidine groups is 1. The van der Waals surface area contributed by atoms with E-state index in [0.29, 0.717) is 0 Å². The number of hydrogen-bond donors (Lipinski definition) is 2. The number of halogens is 1. The van der Waals surface area contributed by atoms with Gasteiger partial charge in [0.15, 0.2) is 5.96 Å². The van der Waals surface area contributed by atoms with Crippen LogP contribution < -0.4 is 10.6 Å². The van der Waals surface area contributed by atoms with Crippen molar-refractivity contribution >= 4 is 29.9 Å². The van der Waals surface area contributed by atoms with Crippen molar-refractivity contribution in [2.75, 3.05) is 46.3 Å². The molecule has 3 atom stereocenters. The number of morpholine rings is 1. The second-order valence-electron chi connectivity index (χ2n) is 9.06. The third-order valence-corrected chi connectivity index (χ3v) is 6.10. The molecular formula is C22H40IN5O2. The monoisotopic (exact) mass is 533 g/mol. The Kier molecular flexibility index (Phi) is 9.90. The third kappa shape index (κ3) is 6.83. The Labute approximate surface area is 199 Å². The van der Waals surface area contributed by atoms with Crippen LogP contribution in [-0.2, 0) is 4.74 Å². The van der Waals surface area contributed by atoms with Crippen LogP contribution in [-0.4, -0.2) is 79.8 Å². The van der Waals surface area contributed by atoms with Gasteiger partial charge in [-0.05, 0) is 65.8 Å². The fraction of sp³-hybridized carbons (Fsp3) is 0.773. The zero-order chi connectivity index (χ0) is 20.9. The number of nitrogens with one attached hydrogen (secondary N) is 2. The third-order valence-electron chi connectivity index (χ3n) is 6.10. The van der Waals surface area contributed by atoms with E-state index in [1.165, 1.54) is 12.8 Å². The Hall–Kier alpha value is -0.840. The van der Waals surface area contributed by atoms with Crippen molar-refractivity contribution in [1.82, 2.24) is 20.4 Å². The van der Waals surface area contributed by atoms with Crippen LogP contribution in [0.25, 0.3) is 0 Å². The molecular weight excluding hydrogens is 493 g/mol. The predicted molar refractivity (Wildman–Crippen MR) is 133 cm³/mol. The molecule has 3 heterocycles. The minimum atomic E-state index is 0. The summed E-state index contributed by atoms with van der Waals surface area (Å²) >= 11 is 0. The van der Waals surface area contributed by atoms with Crippen molar-refractivity contribution in [1.29, 1.82) is 0 Å². The Balaban J connectivity index is 0.00000320. The lowest BCUT2D eigenvalue weighted by molar-refractivity contribution is -0.0946. The summed E-state index contributed by atoms with van der Waals surface area (Å²) in [5, 5.41) is 7.06. The van der Waals surface area contributed by atoms with Crippen LogP contribution in [0.4, 0.5) is 0 Å². The van der Waals surface area contributed by atoms with Crippen molar-refractivity contribution in [3.63, 3.8) is 0 Å². The normalized spacial score (nSPS) is 25.0. The first-order chi connectivity index (χ1) is 13.9. The highest BCUT2D eigenvalue weighted by molar-refractivity contribution is 14.0. The minimum Gasteiger partial charge on any atom is -0.468 e.